The largest absolute Gasteiger partial charge is 0.310 e. The highest BCUT2D eigenvalue weighted by Gasteiger charge is 2.32. The molecule has 1 aliphatic heterocycles. The minimum absolute atomic E-state index is 0.231. The highest BCUT2D eigenvalue weighted by atomic mass is 32.2. The number of hydrogen-bond donors (Lipinski definition) is 1. The Hall–Kier alpha value is -1.11. The second kappa shape index (κ2) is 5.48. The number of benzene rings is 1. The van der Waals surface area contributed by atoms with Crippen molar-refractivity contribution in [1.29, 1.82) is 0 Å². The van der Waals surface area contributed by atoms with Gasteiger partial charge in [0.05, 0.1) is 5.69 Å². The topological polar surface area (TPSA) is 52.7 Å². The van der Waals surface area contributed by atoms with E-state index in [4.69, 9.17) is 0 Å². The normalized spacial score (nSPS) is 19.6. The molecule has 0 amide bonds. The zero-order valence-electron chi connectivity index (χ0n) is 11.6. The van der Waals surface area contributed by atoms with Gasteiger partial charge in [-0.15, -0.1) is 0 Å². The molecule has 1 aromatic rings. The van der Waals surface area contributed by atoms with Gasteiger partial charge in [-0.3, -0.25) is 4.31 Å². The fourth-order valence-electron chi connectivity index (χ4n) is 2.43. The van der Waals surface area contributed by atoms with E-state index < -0.39 is 10.2 Å². The summed E-state index contributed by atoms with van der Waals surface area (Å²) in [6, 6.07) is 7.94. The van der Waals surface area contributed by atoms with Gasteiger partial charge in [0.15, 0.2) is 0 Å². The summed E-state index contributed by atoms with van der Waals surface area (Å²) in [5.74, 6) is 0. The summed E-state index contributed by atoms with van der Waals surface area (Å²) in [7, 11) is -0.285. The van der Waals surface area contributed by atoms with Crippen molar-refractivity contribution in [3.05, 3.63) is 29.8 Å². The van der Waals surface area contributed by atoms with E-state index in [9.17, 15) is 8.42 Å². The van der Waals surface area contributed by atoms with Gasteiger partial charge in [-0.2, -0.15) is 12.7 Å². The van der Waals surface area contributed by atoms with Gasteiger partial charge in [-0.1, -0.05) is 25.1 Å². The van der Waals surface area contributed by atoms with Crippen molar-refractivity contribution in [3.8, 4) is 0 Å². The lowest BCUT2D eigenvalue weighted by Crippen LogP contribution is -2.45. The summed E-state index contributed by atoms with van der Waals surface area (Å²) >= 11 is 0. The maximum absolute atomic E-state index is 12.3. The van der Waals surface area contributed by atoms with Crippen LogP contribution in [0.3, 0.4) is 0 Å². The fourth-order valence-corrected chi connectivity index (χ4v) is 3.57. The molecular weight excluding hydrogens is 262 g/mol. The van der Waals surface area contributed by atoms with Gasteiger partial charge in [0, 0.05) is 26.7 Å². The Balaban J connectivity index is 2.44. The molecule has 0 saturated carbocycles. The van der Waals surface area contributed by atoms with Crippen LogP contribution in [-0.4, -0.2) is 39.9 Å². The first-order valence-electron chi connectivity index (χ1n) is 6.51. The summed E-state index contributed by atoms with van der Waals surface area (Å²) in [5, 5.41) is 3.41. The Labute approximate surface area is 115 Å². The summed E-state index contributed by atoms with van der Waals surface area (Å²) in [4.78, 5) is 0. The van der Waals surface area contributed by atoms with E-state index in [2.05, 4.69) is 12.2 Å². The number of nitrogens with one attached hydrogen (secondary N) is 1. The highest BCUT2D eigenvalue weighted by molar-refractivity contribution is 7.90. The highest BCUT2D eigenvalue weighted by Crippen LogP contribution is 2.35. The maximum Gasteiger partial charge on any atom is 0.303 e. The number of para-hydroxylation sites is 1. The first-order valence-corrected chi connectivity index (χ1v) is 7.90. The SMILES string of the molecule is CCNC1CCN(S(=O)(=O)N(C)C)c2ccccc21. The molecule has 6 heteroatoms. The molecule has 0 aromatic heterocycles. The van der Waals surface area contributed by atoms with Gasteiger partial charge in [-0.25, -0.2) is 0 Å². The summed E-state index contributed by atoms with van der Waals surface area (Å²) in [5.41, 5.74) is 1.84. The molecule has 19 heavy (non-hydrogen) atoms. The van der Waals surface area contributed by atoms with E-state index >= 15 is 0 Å². The third kappa shape index (κ3) is 2.61. The first-order chi connectivity index (χ1) is 8.98. The minimum Gasteiger partial charge on any atom is -0.310 e. The first kappa shape index (κ1) is 14.3. The number of anilines is 1. The Bertz CT molecular complexity index is 543. The third-order valence-corrected chi connectivity index (χ3v) is 5.25. The molecule has 0 saturated heterocycles. The Kier molecular flexibility index (Phi) is 4.13. The molecule has 106 valence electrons. The minimum atomic E-state index is -3.41. The van der Waals surface area contributed by atoms with Gasteiger partial charge in [-0.05, 0) is 24.6 Å². The molecule has 0 radical (unpaired) electrons. The lowest BCUT2D eigenvalue weighted by molar-refractivity contribution is 0.483. The van der Waals surface area contributed by atoms with E-state index in [0.29, 0.717) is 6.54 Å². The molecule has 0 aliphatic carbocycles. The van der Waals surface area contributed by atoms with Crippen molar-refractivity contribution in [2.45, 2.75) is 19.4 Å². The van der Waals surface area contributed by atoms with E-state index in [1.54, 1.807) is 14.1 Å². The van der Waals surface area contributed by atoms with Crippen LogP contribution in [0.2, 0.25) is 0 Å². The number of hydrogen-bond acceptors (Lipinski definition) is 3. The van der Waals surface area contributed by atoms with Gasteiger partial charge in [0.1, 0.15) is 0 Å². The molecule has 2 rings (SSSR count). The van der Waals surface area contributed by atoms with Gasteiger partial charge < -0.3 is 5.32 Å². The van der Waals surface area contributed by atoms with Crippen molar-refractivity contribution < 1.29 is 8.42 Å². The van der Waals surface area contributed by atoms with Crippen LogP contribution in [0.5, 0.6) is 0 Å². The van der Waals surface area contributed by atoms with Crippen LogP contribution in [0.4, 0.5) is 5.69 Å². The molecule has 5 nitrogen and oxygen atoms in total. The quantitative estimate of drug-likeness (QED) is 0.907. The molecule has 1 N–H and O–H groups in total. The Morgan fingerprint density at radius 1 is 1.37 bits per heavy atom. The standard InChI is InChI=1S/C13H21N3O2S/c1-4-14-12-9-10-16(19(17,18)15(2)3)13-8-6-5-7-11(12)13/h5-8,12,14H,4,9-10H2,1-3H3. The summed E-state index contributed by atoms with van der Waals surface area (Å²) in [6.45, 7) is 3.44. The zero-order chi connectivity index (χ0) is 14.0. The molecule has 0 fully saturated rings. The van der Waals surface area contributed by atoms with E-state index in [1.165, 1.54) is 8.61 Å². The van der Waals surface area contributed by atoms with Gasteiger partial charge in [0.25, 0.3) is 0 Å². The predicted molar refractivity (Wildman–Crippen MR) is 77.4 cm³/mol. The molecule has 1 aliphatic rings. The molecule has 1 unspecified atom stereocenters. The van der Waals surface area contributed by atoms with Crippen LogP contribution in [0.1, 0.15) is 24.9 Å². The molecule has 0 bridgehead atoms. The molecule has 1 heterocycles. The van der Waals surface area contributed by atoms with Crippen LogP contribution in [-0.2, 0) is 10.2 Å². The number of fused-ring (bicyclic) bond motifs is 1. The predicted octanol–water partition coefficient (Wildman–Crippen LogP) is 1.35. The van der Waals surface area contributed by atoms with E-state index in [1.807, 2.05) is 24.3 Å². The molecule has 1 atom stereocenters. The van der Waals surface area contributed by atoms with Crippen molar-refractivity contribution in [2.24, 2.45) is 0 Å². The van der Waals surface area contributed by atoms with Gasteiger partial charge in [0.2, 0.25) is 0 Å². The number of rotatable bonds is 4. The van der Waals surface area contributed by atoms with Gasteiger partial charge >= 0.3 is 10.2 Å². The van der Waals surface area contributed by atoms with Crippen molar-refractivity contribution in [3.63, 3.8) is 0 Å². The van der Waals surface area contributed by atoms with Crippen LogP contribution in [0.15, 0.2) is 24.3 Å². The smallest absolute Gasteiger partial charge is 0.303 e. The van der Waals surface area contributed by atoms with Crippen LogP contribution in [0, 0.1) is 0 Å². The van der Waals surface area contributed by atoms with Crippen molar-refractivity contribution in [1.82, 2.24) is 9.62 Å². The summed E-state index contributed by atoms with van der Waals surface area (Å²) in [6.07, 6.45) is 0.790. The fraction of sp³-hybridized carbons (Fsp3) is 0.538. The average molecular weight is 283 g/mol. The third-order valence-electron chi connectivity index (χ3n) is 3.39. The van der Waals surface area contributed by atoms with Crippen molar-refractivity contribution >= 4 is 15.9 Å². The Morgan fingerprint density at radius 3 is 2.68 bits per heavy atom. The maximum atomic E-state index is 12.3. The molecule has 0 spiro atoms. The zero-order valence-corrected chi connectivity index (χ0v) is 12.4. The van der Waals surface area contributed by atoms with Crippen LogP contribution < -0.4 is 9.62 Å². The lowest BCUT2D eigenvalue weighted by atomic mass is 9.98. The van der Waals surface area contributed by atoms with E-state index in [-0.39, 0.29) is 6.04 Å². The molecular formula is C13H21N3O2S. The van der Waals surface area contributed by atoms with Crippen LogP contribution >= 0.6 is 0 Å². The van der Waals surface area contributed by atoms with Crippen molar-refractivity contribution in [2.75, 3.05) is 31.5 Å². The number of nitrogens with zero attached hydrogens (tertiary/aromatic N) is 2. The van der Waals surface area contributed by atoms with E-state index in [0.717, 1.165) is 24.2 Å². The van der Waals surface area contributed by atoms with Crippen LogP contribution in [0.25, 0.3) is 0 Å². The second-order valence-electron chi connectivity index (χ2n) is 4.82. The average Bonchev–Trinajstić information content (AvgIpc) is 2.39. The molecule has 1 aromatic carbocycles. The monoisotopic (exact) mass is 283 g/mol. The Morgan fingerprint density at radius 2 is 2.05 bits per heavy atom. The summed E-state index contributed by atoms with van der Waals surface area (Å²) < 4.78 is 27.4. The second-order valence-corrected chi connectivity index (χ2v) is 6.89. The lowest BCUT2D eigenvalue weighted by Gasteiger charge is -2.36.